The van der Waals surface area contributed by atoms with Crippen molar-refractivity contribution in [1.29, 1.82) is 0 Å². The van der Waals surface area contributed by atoms with Crippen molar-refractivity contribution in [2.75, 3.05) is 7.11 Å². The van der Waals surface area contributed by atoms with Crippen LogP contribution in [0.15, 0.2) is 71.9 Å². The van der Waals surface area contributed by atoms with Gasteiger partial charge in [-0.25, -0.2) is 13.8 Å². The molecular weight excluding hydrogens is 486 g/mol. The SMILES string of the molecule is COc1cnc2[nH]cc(-c3ccc(CNC(=O)c4cccn(Cc5ccc(F)c(F)c5)c4=O)s3)c2c1. The highest BCUT2D eigenvalue weighted by atomic mass is 32.1. The minimum absolute atomic E-state index is 0.00962. The minimum atomic E-state index is -0.993. The number of carbonyl (C=O) groups excluding carboxylic acids is 1. The zero-order valence-electron chi connectivity index (χ0n) is 19.0. The molecule has 36 heavy (non-hydrogen) atoms. The lowest BCUT2D eigenvalue weighted by atomic mass is 10.2. The summed E-state index contributed by atoms with van der Waals surface area (Å²) in [5, 5.41) is 3.71. The minimum Gasteiger partial charge on any atom is -0.495 e. The Hall–Kier alpha value is -4.31. The number of amides is 1. The fourth-order valence-electron chi connectivity index (χ4n) is 3.85. The van der Waals surface area contributed by atoms with E-state index < -0.39 is 23.1 Å². The fourth-order valence-corrected chi connectivity index (χ4v) is 4.83. The Morgan fingerprint density at radius 3 is 2.83 bits per heavy atom. The lowest BCUT2D eigenvalue weighted by molar-refractivity contribution is 0.0949. The van der Waals surface area contributed by atoms with E-state index in [1.165, 1.54) is 34.2 Å². The highest BCUT2D eigenvalue weighted by Gasteiger charge is 2.15. The van der Waals surface area contributed by atoms with Gasteiger partial charge < -0.3 is 19.6 Å². The van der Waals surface area contributed by atoms with Gasteiger partial charge in [-0.05, 0) is 48.0 Å². The van der Waals surface area contributed by atoms with Gasteiger partial charge in [0.25, 0.3) is 11.5 Å². The molecule has 5 rings (SSSR count). The van der Waals surface area contributed by atoms with E-state index in [1.807, 2.05) is 24.4 Å². The van der Waals surface area contributed by atoms with Gasteiger partial charge in [-0.2, -0.15) is 0 Å². The van der Waals surface area contributed by atoms with Crippen LogP contribution >= 0.6 is 11.3 Å². The number of pyridine rings is 2. The van der Waals surface area contributed by atoms with Crippen LogP contribution in [0.25, 0.3) is 21.5 Å². The summed E-state index contributed by atoms with van der Waals surface area (Å²) in [5.41, 5.74) is 1.57. The lowest BCUT2D eigenvalue weighted by Crippen LogP contribution is -2.32. The molecule has 5 aromatic rings. The number of halogens is 2. The van der Waals surface area contributed by atoms with E-state index in [4.69, 9.17) is 4.74 Å². The van der Waals surface area contributed by atoms with Crippen LogP contribution in [-0.2, 0) is 13.1 Å². The summed E-state index contributed by atoms with van der Waals surface area (Å²) < 4.78 is 33.3. The molecule has 0 saturated carbocycles. The van der Waals surface area contributed by atoms with Gasteiger partial charge in [0.15, 0.2) is 11.6 Å². The van der Waals surface area contributed by atoms with Crippen LogP contribution < -0.4 is 15.6 Å². The molecule has 10 heteroatoms. The monoisotopic (exact) mass is 506 g/mol. The number of fused-ring (bicyclic) bond motifs is 1. The second-order valence-corrected chi connectivity index (χ2v) is 9.19. The molecular formula is C26H20F2N4O3S. The predicted octanol–water partition coefficient (Wildman–Crippen LogP) is 4.72. The maximum absolute atomic E-state index is 13.5. The predicted molar refractivity (Wildman–Crippen MR) is 133 cm³/mol. The van der Waals surface area contributed by atoms with E-state index in [0.717, 1.165) is 38.5 Å². The fraction of sp³-hybridized carbons (Fsp3) is 0.115. The third-order valence-corrected chi connectivity index (χ3v) is 6.81. The van der Waals surface area contributed by atoms with Crippen molar-refractivity contribution < 1.29 is 18.3 Å². The molecule has 1 amide bonds. The molecule has 0 atom stereocenters. The van der Waals surface area contributed by atoms with E-state index in [-0.39, 0.29) is 18.7 Å². The number of rotatable bonds is 7. The number of carbonyl (C=O) groups is 1. The quantitative estimate of drug-likeness (QED) is 0.334. The van der Waals surface area contributed by atoms with Crippen molar-refractivity contribution >= 4 is 28.3 Å². The summed E-state index contributed by atoms with van der Waals surface area (Å²) in [6, 6.07) is 12.2. The number of H-pyrrole nitrogens is 1. The molecule has 0 unspecified atom stereocenters. The third kappa shape index (κ3) is 4.63. The van der Waals surface area contributed by atoms with Crippen LogP contribution in [0.2, 0.25) is 0 Å². The Morgan fingerprint density at radius 2 is 2.03 bits per heavy atom. The smallest absolute Gasteiger partial charge is 0.263 e. The number of benzene rings is 1. The van der Waals surface area contributed by atoms with E-state index in [2.05, 4.69) is 15.3 Å². The number of ether oxygens (including phenoxy) is 1. The van der Waals surface area contributed by atoms with E-state index in [0.29, 0.717) is 11.3 Å². The standard InChI is InChI=1S/C26H20F2N4O3S/c1-35-16-10-19-20(13-30-24(19)29-11-16)23-7-5-17(36-23)12-31-25(33)18-3-2-8-32(26(18)34)14-15-4-6-21(27)22(28)9-15/h2-11,13H,12,14H2,1H3,(H,29,30)(H,31,33). The van der Waals surface area contributed by atoms with Crippen LogP contribution in [-0.4, -0.2) is 27.6 Å². The van der Waals surface area contributed by atoms with Crippen molar-refractivity contribution in [3.05, 3.63) is 105 Å². The van der Waals surface area contributed by atoms with Crippen molar-refractivity contribution in [2.45, 2.75) is 13.1 Å². The summed E-state index contributed by atoms with van der Waals surface area (Å²) in [5.74, 6) is -1.81. The van der Waals surface area contributed by atoms with Crippen LogP contribution in [0, 0.1) is 11.6 Å². The van der Waals surface area contributed by atoms with Gasteiger partial charge >= 0.3 is 0 Å². The summed E-state index contributed by atoms with van der Waals surface area (Å²) in [6.07, 6.45) is 5.02. The Kier molecular flexibility index (Phi) is 6.34. The van der Waals surface area contributed by atoms with Crippen LogP contribution in [0.4, 0.5) is 8.78 Å². The maximum Gasteiger partial charge on any atom is 0.263 e. The van der Waals surface area contributed by atoms with Crippen LogP contribution in [0.5, 0.6) is 5.75 Å². The van der Waals surface area contributed by atoms with Crippen molar-refractivity contribution in [1.82, 2.24) is 19.9 Å². The molecule has 2 N–H and O–H groups in total. The Bertz CT molecular complexity index is 1640. The first-order valence-corrected chi connectivity index (χ1v) is 11.8. The largest absolute Gasteiger partial charge is 0.495 e. The van der Waals surface area contributed by atoms with Gasteiger partial charge in [0.05, 0.1) is 26.4 Å². The second-order valence-electron chi connectivity index (χ2n) is 8.03. The molecule has 182 valence electrons. The molecule has 0 aliphatic heterocycles. The summed E-state index contributed by atoms with van der Waals surface area (Å²) >= 11 is 1.51. The van der Waals surface area contributed by atoms with Gasteiger partial charge in [-0.3, -0.25) is 9.59 Å². The second kappa shape index (κ2) is 9.74. The van der Waals surface area contributed by atoms with Crippen LogP contribution in [0.1, 0.15) is 20.8 Å². The average molecular weight is 507 g/mol. The molecule has 0 saturated heterocycles. The maximum atomic E-state index is 13.5. The molecule has 0 aliphatic carbocycles. The molecule has 1 aromatic carbocycles. The number of aromatic nitrogens is 3. The molecule has 0 radical (unpaired) electrons. The number of hydrogen-bond donors (Lipinski definition) is 2. The topological polar surface area (TPSA) is 89.0 Å². The highest BCUT2D eigenvalue weighted by Crippen LogP contribution is 2.34. The third-order valence-electron chi connectivity index (χ3n) is 5.69. The van der Waals surface area contributed by atoms with Gasteiger partial charge in [0, 0.05) is 33.1 Å². The first-order valence-electron chi connectivity index (χ1n) is 10.9. The van der Waals surface area contributed by atoms with Gasteiger partial charge in [0.1, 0.15) is 17.0 Å². The number of hydrogen-bond acceptors (Lipinski definition) is 5. The number of thiophene rings is 1. The first-order chi connectivity index (χ1) is 17.4. The molecule has 0 fully saturated rings. The molecule has 7 nitrogen and oxygen atoms in total. The molecule has 4 heterocycles. The summed E-state index contributed by atoms with van der Waals surface area (Å²) in [7, 11) is 1.59. The number of nitrogens with one attached hydrogen (secondary N) is 2. The van der Waals surface area contributed by atoms with Gasteiger partial charge in [0.2, 0.25) is 0 Å². The van der Waals surface area contributed by atoms with Crippen molar-refractivity contribution in [3.8, 4) is 16.2 Å². The van der Waals surface area contributed by atoms with Crippen LogP contribution in [0.3, 0.4) is 0 Å². The zero-order valence-corrected chi connectivity index (χ0v) is 19.9. The van der Waals surface area contributed by atoms with E-state index >= 15 is 0 Å². The Balaban J connectivity index is 1.30. The lowest BCUT2D eigenvalue weighted by Gasteiger charge is -2.09. The van der Waals surface area contributed by atoms with Gasteiger partial charge in [-0.15, -0.1) is 11.3 Å². The first kappa shape index (κ1) is 23.4. The van der Waals surface area contributed by atoms with Crippen molar-refractivity contribution in [3.63, 3.8) is 0 Å². The zero-order chi connectivity index (χ0) is 25.2. The molecule has 0 bridgehead atoms. The van der Waals surface area contributed by atoms with E-state index in [1.54, 1.807) is 19.4 Å². The normalized spacial score (nSPS) is 11.1. The number of nitrogens with zero attached hydrogens (tertiary/aromatic N) is 2. The average Bonchev–Trinajstić information content (AvgIpc) is 3.52. The highest BCUT2D eigenvalue weighted by molar-refractivity contribution is 7.15. The summed E-state index contributed by atoms with van der Waals surface area (Å²) in [6.45, 7) is 0.251. The number of aromatic amines is 1. The Morgan fingerprint density at radius 1 is 1.17 bits per heavy atom. The summed E-state index contributed by atoms with van der Waals surface area (Å²) in [4.78, 5) is 35.0. The van der Waals surface area contributed by atoms with Crippen molar-refractivity contribution in [2.24, 2.45) is 0 Å². The molecule has 0 spiro atoms. The van der Waals surface area contributed by atoms with Gasteiger partial charge in [-0.1, -0.05) is 6.07 Å². The molecule has 4 aromatic heterocycles. The number of methoxy groups -OCH3 is 1. The molecule has 0 aliphatic rings. The van der Waals surface area contributed by atoms with E-state index in [9.17, 15) is 18.4 Å². The Labute approximate surface area is 208 Å².